The Morgan fingerprint density at radius 1 is 1.04 bits per heavy atom. The van der Waals surface area contributed by atoms with Crippen LogP contribution in [-0.4, -0.2) is 55.3 Å². The Bertz CT molecular complexity index is 876. The molecule has 3 aliphatic heterocycles. The van der Waals surface area contributed by atoms with Crippen molar-refractivity contribution in [1.82, 2.24) is 9.47 Å². The Kier molecular flexibility index (Phi) is 3.78. The number of benzene rings is 1. The Labute approximate surface area is 154 Å². The van der Waals surface area contributed by atoms with Crippen LogP contribution < -0.4 is 15.4 Å². The molecule has 0 saturated carbocycles. The minimum Gasteiger partial charge on any atom is -0.371 e. The lowest BCUT2D eigenvalue weighted by Gasteiger charge is -2.41. The molecule has 0 N–H and O–H groups in total. The number of para-hydroxylation sites is 1. The summed E-state index contributed by atoms with van der Waals surface area (Å²) in [6.45, 7) is 6.20. The van der Waals surface area contributed by atoms with Crippen LogP contribution in [0.1, 0.15) is 17.9 Å². The van der Waals surface area contributed by atoms with Crippen LogP contribution in [0.25, 0.3) is 0 Å². The highest BCUT2D eigenvalue weighted by atomic mass is 16.1. The van der Waals surface area contributed by atoms with Crippen molar-refractivity contribution in [3.05, 3.63) is 58.5 Å². The molecule has 1 aromatic heterocycles. The van der Waals surface area contributed by atoms with Crippen molar-refractivity contribution < 1.29 is 0 Å². The Morgan fingerprint density at radius 3 is 2.85 bits per heavy atom. The summed E-state index contributed by atoms with van der Waals surface area (Å²) in [5.74, 6) is 0.595. The van der Waals surface area contributed by atoms with Crippen molar-refractivity contribution in [3.8, 4) is 0 Å². The third-order valence-corrected chi connectivity index (χ3v) is 6.44. The second-order valence-corrected chi connectivity index (χ2v) is 7.83. The van der Waals surface area contributed by atoms with Gasteiger partial charge >= 0.3 is 0 Å². The van der Waals surface area contributed by atoms with Gasteiger partial charge in [0.15, 0.2) is 0 Å². The van der Waals surface area contributed by atoms with Crippen molar-refractivity contribution in [3.63, 3.8) is 0 Å². The molecule has 4 heterocycles. The molecule has 0 radical (unpaired) electrons. The predicted molar refractivity (Wildman–Crippen MR) is 105 cm³/mol. The van der Waals surface area contributed by atoms with E-state index in [4.69, 9.17) is 0 Å². The number of likely N-dealkylation sites (tertiary alicyclic amines) is 1. The summed E-state index contributed by atoms with van der Waals surface area (Å²) < 4.78 is 1.82. The number of likely N-dealkylation sites (N-methyl/N-ethyl adjacent to an activating group) is 1. The first kappa shape index (κ1) is 15.9. The van der Waals surface area contributed by atoms with E-state index in [0.717, 1.165) is 39.3 Å². The van der Waals surface area contributed by atoms with E-state index >= 15 is 0 Å². The summed E-state index contributed by atoms with van der Waals surface area (Å²) in [7, 11) is 2.21. The van der Waals surface area contributed by atoms with Crippen LogP contribution in [-0.2, 0) is 6.54 Å². The molecule has 1 fully saturated rings. The van der Waals surface area contributed by atoms with Gasteiger partial charge in [-0.25, -0.2) is 0 Å². The Hall–Kier alpha value is -2.27. The number of fused-ring (bicyclic) bond motifs is 3. The molecule has 1 saturated heterocycles. The third kappa shape index (κ3) is 2.45. The molecule has 136 valence electrons. The van der Waals surface area contributed by atoms with E-state index in [-0.39, 0.29) is 5.56 Å². The van der Waals surface area contributed by atoms with Crippen LogP contribution in [0.2, 0.25) is 0 Å². The second kappa shape index (κ2) is 6.16. The molecule has 5 nitrogen and oxygen atoms in total. The molecule has 2 atom stereocenters. The number of rotatable bonds is 3. The maximum Gasteiger partial charge on any atom is 0.250 e. The topological polar surface area (TPSA) is 31.7 Å². The van der Waals surface area contributed by atoms with Crippen molar-refractivity contribution in [2.45, 2.75) is 24.9 Å². The monoisotopic (exact) mass is 350 g/mol. The van der Waals surface area contributed by atoms with Crippen molar-refractivity contribution in [2.75, 3.05) is 49.6 Å². The van der Waals surface area contributed by atoms with Crippen LogP contribution in [0.4, 0.5) is 11.4 Å². The SMILES string of the molecule is CN1CCN2c3c(cccc31)C1CN(CCn3ccccc3=O)CCC12. The van der Waals surface area contributed by atoms with E-state index in [1.165, 1.54) is 23.4 Å². The standard InChI is InChI=1S/C21H26N4O/c1-22-11-14-25-18-8-10-23(12-13-24-9-3-2-7-20(24)26)15-17(18)16-5-4-6-19(22)21(16)25/h2-7,9,17-18H,8,10-15H2,1H3. The minimum atomic E-state index is 0.0957. The molecule has 5 heteroatoms. The number of hydrogen-bond acceptors (Lipinski definition) is 4. The van der Waals surface area contributed by atoms with Gasteiger partial charge in [-0.3, -0.25) is 4.79 Å². The number of piperidine rings is 1. The van der Waals surface area contributed by atoms with Gasteiger partial charge in [0.25, 0.3) is 5.56 Å². The summed E-state index contributed by atoms with van der Waals surface area (Å²) >= 11 is 0. The maximum atomic E-state index is 11.9. The lowest BCUT2D eigenvalue weighted by atomic mass is 9.89. The van der Waals surface area contributed by atoms with Crippen LogP contribution in [0.5, 0.6) is 0 Å². The summed E-state index contributed by atoms with van der Waals surface area (Å²) in [5, 5.41) is 0. The average Bonchev–Trinajstić information content (AvgIpc) is 2.99. The van der Waals surface area contributed by atoms with Gasteiger partial charge in [-0.1, -0.05) is 18.2 Å². The number of aromatic nitrogens is 1. The van der Waals surface area contributed by atoms with Gasteiger partial charge in [-0.15, -0.1) is 0 Å². The molecule has 0 bridgehead atoms. The minimum absolute atomic E-state index is 0.0957. The van der Waals surface area contributed by atoms with Gasteiger partial charge in [0, 0.05) is 70.5 Å². The molecular weight excluding hydrogens is 324 g/mol. The highest BCUT2D eigenvalue weighted by Gasteiger charge is 2.44. The second-order valence-electron chi connectivity index (χ2n) is 7.83. The van der Waals surface area contributed by atoms with Crippen LogP contribution in [0.15, 0.2) is 47.4 Å². The highest BCUT2D eigenvalue weighted by Crippen LogP contribution is 2.50. The summed E-state index contributed by atoms with van der Waals surface area (Å²) in [5.41, 5.74) is 4.50. The molecule has 5 rings (SSSR count). The average molecular weight is 350 g/mol. The zero-order chi connectivity index (χ0) is 17.7. The van der Waals surface area contributed by atoms with Crippen LogP contribution >= 0.6 is 0 Å². The predicted octanol–water partition coefficient (Wildman–Crippen LogP) is 1.98. The summed E-state index contributed by atoms with van der Waals surface area (Å²) in [4.78, 5) is 19.5. The van der Waals surface area contributed by atoms with E-state index in [1.807, 2.05) is 22.9 Å². The lowest BCUT2D eigenvalue weighted by molar-refractivity contribution is 0.187. The van der Waals surface area contributed by atoms with Gasteiger partial charge in [-0.05, 0) is 24.1 Å². The van der Waals surface area contributed by atoms with Crippen LogP contribution in [0.3, 0.4) is 0 Å². The molecule has 0 amide bonds. The van der Waals surface area contributed by atoms with E-state index in [9.17, 15) is 4.79 Å². The third-order valence-electron chi connectivity index (χ3n) is 6.44. The van der Waals surface area contributed by atoms with Gasteiger partial charge in [0.05, 0.1) is 11.4 Å². The first-order valence-electron chi connectivity index (χ1n) is 9.71. The Balaban J connectivity index is 1.36. The van der Waals surface area contributed by atoms with E-state index in [1.54, 1.807) is 6.07 Å². The fourth-order valence-corrected chi connectivity index (χ4v) is 5.07. The molecule has 2 unspecified atom stereocenters. The first-order chi connectivity index (χ1) is 12.7. The molecule has 1 aromatic carbocycles. The molecule has 0 aliphatic carbocycles. The van der Waals surface area contributed by atoms with Gasteiger partial charge in [0.2, 0.25) is 0 Å². The lowest BCUT2D eigenvalue weighted by Crippen LogP contribution is -2.49. The van der Waals surface area contributed by atoms with Crippen molar-refractivity contribution in [2.24, 2.45) is 0 Å². The highest BCUT2D eigenvalue weighted by molar-refractivity contribution is 5.80. The smallest absolute Gasteiger partial charge is 0.250 e. The largest absolute Gasteiger partial charge is 0.371 e. The molecule has 3 aliphatic rings. The fraction of sp³-hybridized carbons (Fsp3) is 0.476. The number of anilines is 2. The van der Waals surface area contributed by atoms with Gasteiger partial charge in [0.1, 0.15) is 0 Å². The molecular formula is C21H26N4O. The first-order valence-corrected chi connectivity index (χ1v) is 9.71. The van der Waals surface area contributed by atoms with Crippen molar-refractivity contribution >= 4 is 11.4 Å². The normalized spacial score (nSPS) is 24.5. The molecule has 26 heavy (non-hydrogen) atoms. The molecule has 0 spiro atoms. The van der Waals surface area contributed by atoms with Crippen LogP contribution in [0, 0.1) is 0 Å². The zero-order valence-corrected chi connectivity index (χ0v) is 15.3. The van der Waals surface area contributed by atoms with Gasteiger partial charge < -0.3 is 19.3 Å². The Morgan fingerprint density at radius 2 is 1.96 bits per heavy atom. The number of hydrogen-bond donors (Lipinski definition) is 0. The number of nitrogens with zero attached hydrogens (tertiary/aromatic N) is 4. The van der Waals surface area contributed by atoms with E-state index in [2.05, 4.69) is 39.9 Å². The zero-order valence-electron chi connectivity index (χ0n) is 15.3. The van der Waals surface area contributed by atoms with Gasteiger partial charge in [-0.2, -0.15) is 0 Å². The van der Waals surface area contributed by atoms with E-state index in [0.29, 0.717) is 12.0 Å². The fourth-order valence-electron chi connectivity index (χ4n) is 5.07. The maximum absolute atomic E-state index is 11.9. The molecule has 2 aromatic rings. The van der Waals surface area contributed by atoms with Crippen molar-refractivity contribution in [1.29, 1.82) is 0 Å². The summed E-state index contributed by atoms with van der Waals surface area (Å²) in [6, 6.07) is 12.9. The quantitative estimate of drug-likeness (QED) is 0.847. The van der Waals surface area contributed by atoms with E-state index < -0.39 is 0 Å². The number of pyridine rings is 1. The summed E-state index contributed by atoms with van der Waals surface area (Å²) in [6.07, 6.45) is 3.11.